The first-order valence-electron chi connectivity index (χ1n) is 5.28. The Balaban J connectivity index is 2.64. The zero-order chi connectivity index (χ0) is 13.9. The van der Waals surface area contributed by atoms with E-state index in [1.807, 2.05) is 0 Å². The number of halogens is 2. The van der Waals surface area contributed by atoms with Crippen LogP contribution in [0.4, 0.5) is 10.1 Å². The van der Waals surface area contributed by atoms with Gasteiger partial charge in [-0.25, -0.2) is 4.39 Å². The fourth-order valence-corrected chi connectivity index (χ4v) is 2.22. The number of anilines is 1. The molecule has 0 aliphatic rings. The number of rotatable bonds is 3. The molecule has 0 aliphatic carbocycles. The van der Waals surface area contributed by atoms with E-state index in [1.54, 1.807) is 20.8 Å². The summed E-state index contributed by atoms with van der Waals surface area (Å²) in [6, 6.07) is 2.54. The predicted octanol–water partition coefficient (Wildman–Crippen LogP) is 3.50. The quantitative estimate of drug-likeness (QED) is 0.526. The molecule has 6 heteroatoms. The first kappa shape index (κ1) is 15.1. The molecule has 2 N–H and O–H groups in total. The Kier molecular flexibility index (Phi) is 4.87. The van der Waals surface area contributed by atoms with Crippen LogP contribution in [0.3, 0.4) is 0 Å². The van der Waals surface area contributed by atoms with Crippen LogP contribution in [0, 0.1) is 5.82 Å². The SMILES string of the molecule is CC(C)(C)OC(=O)CSc1cc(N)c(F)cc1Cl. The van der Waals surface area contributed by atoms with Crippen molar-refractivity contribution in [2.24, 2.45) is 0 Å². The van der Waals surface area contributed by atoms with Gasteiger partial charge in [0, 0.05) is 4.90 Å². The Morgan fingerprint density at radius 3 is 2.67 bits per heavy atom. The van der Waals surface area contributed by atoms with Gasteiger partial charge in [-0.1, -0.05) is 11.6 Å². The van der Waals surface area contributed by atoms with E-state index in [4.69, 9.17) is 22.1 Å². The van der Waals surface area contributed by atoms with Gasteiger partial charge in [-0.15, -0.1) is 11.8 Å². The molecular weight excluding hydrogens is 277 g/mol. The lowest BCUT2D eigenvalue weighted by Gasteiger charge is -2.19. The lowest BCUT2D eigenvalue weighted by Crippen LogP contribution is -2.24. The van der Waals surface area contributed by atoms with Crippen molar-refractivity contribution >= 4 is 35.0 Å². The first-order valence-corrected chi connectivity index (χ1v) is 6.64. The number of benzene rings is 1. The number of hydrogen-bond donors (Lipinski definition) is 1. The van der Waals surface area contributed by atoms with Gasteiger partial charge in [-0.3, -0.25) is 4.79 Å². The number of hydrogen-bond acceptors (Lipinski definition) is 4. The van der Waals surface area contributed by atoms with E-state index < -0.39 is 11.4 Å². The standard InChI is InChI=1S/C12H15ClFNO2S/c1-12(2,3)17-11(16)6-18-10-5-9(15)8(14)4-7(10)13/h4-5H,6,15H2,1-3H3. The molecule has 0 aromatic heterocycles. The molecule has 0 unspecified atom stereocenters. The van der Waals surface area contributed by atoms with Crippen molar-refractivity contribution in [3.05, 3.63) is 23.0 Å². The smallest absolute Gasteiger partial charge is 0.316 e. The van der Waals surface area contributed by atoms with Gasteiger partial charge in [0.05, 0.1) is 16.5 Å². The number of nitrogen functional groups attached to an aromatic ring is 1. The van der Waals surface area contributed by atoms with Crippen molar-refractivity contribution in [2.45, 2.75) is 31.3 Å². The maximum atomic E-state index is 13.1. The van der Waals surface area contributed by atoms with Crippen LogP contribution in [0.25, 0.3) is 0 Å². The highest BCUT2D eigenvalue weighted by molar-refractivity contribution is 8.00. The fraction of sp³-hybridized carbons (Fsp3) is 0.417. The Morgan fingerprint density at radius 2 is 2.11 bits per heavy atom. The summed E-state index contributed by atoms with van der Waals surface area (Å²) in [4.78, 5) is 12.1. The van der Waals surface area contributed by atoms with Crippen LogP contribution in [0.1, 0.15) is 20.8 Å². The molecular formula is C12H15ClFNO2S. The zero-order valence-electron chi connectivity index (χ0n) is 10.4. The van der Waals surface area contributed by atoms with Gasteiger partial charge in [-0.05, 0) is 32.9 Å². The van der Waals surface area contributed by atoms with Crippen LogP contribution >= 0.6 is 23.4 Å². The van der Waals surface area contributed by atoms with Crippen LogP contribution in [-0.4, -0.2) is 17.3 Å². The topological polar surface area (TPSA) is 52.3 Å². The minimum atomic E-state index is -0.568. The van der Waals surface area contributed by atoms with Crippen LogP contribution in [0.15, 0.2) is 17.0 Å². The highest BCUT2D eigenvalue weighted by Gasteiger charge is 2.17. The molecule has 0 fully saturated rings. The number of ether oxygens (including phenoxy) is 1. The molecule has 0 amide bonds. The van der Waals surface area contributed by atoms with Crippen LogP contribution in [0.5, 0.6) is 0 Å². The summed E-state index contributed by atoms with van der Waals surface area (Å²) < 4.78 is 18.2. The van der Waals surface area contributed by atoms with E-state index in [2.05, 4.69) is 0 Å². The molecule has 0 heterocycles. The average molecular weight is 292 g/mol. The lowest BCUT2D eigenvalue weighted by molar-refractivity contribution is -0.151. The summed E-state index contributed by atoms with van der Waals surface area (Å²) in [7, 11) is 0. The molecule has 0 bridgehead atoms. The van der Waals surface area contributed by atoms with E-state index in [-0.39, 0.29) is 22.4 Å². The second-order valence-corrected chi connectivity index (χ2v) is 6.10. The van der Waals surface area contributed by atoms with Crippen LogP contribution in [0.2, 0.25) is 5.02 Å². The third-order valence-corrected chi connectivity index (χ3v) is 3.27. The van der Waals surface area contributed by atoms with Gasteiger partial charge in [-0.2, -0.15) is 0 Å². The molecule has 18 heavy (non-hydrogen) atoms. The highest BCUT2D eigenvalue weighted by atomic mass is 35.5. The number of carbonyl (C=O) groups excluding carboxylic acids is 1. The van der Waals surface area contributed by atoms with Crippen molar-refractivity contribution < 1.29 is 13.9 Å². The van der Waals surface area contributed by atoms with Crippen molar-refractivity contribution in [1.82, 2.24) is 0 Å². The summed E-state index contributed by atoms with van der Waals surface area (Å²) >= 11 is 7.02. The second kappa shape index (κ2) is 5.80. The molecule has 0 spiro atoms. The van der Waals surface area contributed by atoms with Gasteiger partial charge >= 0.3 is 5.97 Å². The van der Waals surface area contributed by atoms with E-state index >= 15 is 0 Å². The summed E-state index contributed by atoms with van der Waals surface area (Å²) in [5.74, 6) is -0.824. The van der Waals surface area contributed by atoms with Crippen LogP contribution < -0.4 is 5.73 Å². The summed E-state index contributed by atoms with van der Waals surface area (Å²) in [6.45, 7) is 5.37. The number of nitrogens with two attached hydrogens (primary N) is 1. The molecule has 0 saturated heterocycles. The first-order chi connectivity index (χ1) is 8.19. The van der Waals surface area contributed by atoms with Crippen molar-refractivity contribution in [2.75, 3.05) is 11.5 Å². The van der Waals surface area contributed by atoms with E-state index in [1.165, 1.54) is 17.8 Å². The minimum Gasteiger partial charge on any atom is -0.459 e. The fourth-order valence-electron chi connectivity index (χ4n) is 1.16. The van der Waals surface area contributed by atoms with E-state index in [9.17, 15) is 9.18 Å². The van der Waals surface area contributed by atoms with Gasteiger partial charge < -0.3 is 10.5 Å². The highest BCUT2D eigenvalue weighted by Crippen LogP contribution is 2.31. The Hall–Kier alpha value is -0.940. The molecule has 100 valence electrons. The molecule has 1 aromatic rings. The van der Waals surface area contributed by atoms with E-state index in [0.29, 0.717) is 4.90 Å². The maximum Gasteiger partial charge on any atom is 0.316 e. The average Bonchev–Trinajstić information content (AvgIpc) is 2.19. The van der Waals surface area contributed by atoms with Crippen LogP contribution in [-0.2, 0) is 9.53 Å². The Morgan fingerprint density at radius 1 is 1.50 bits per heavy atom. The normalized spacial score (nSPS) is 11.4. The van der Waals surface area contributed by atoms with Gasteiger partial charge in [0.25, 0.3) is 0 Å². The second-order valence-electron chi connectivity index (χ2n) is 4.68. The molecule has 1 rings (SSSR count). The van der Waals surface area contributed by atoms with Gasteiger partial charge in [0.1, 0.15) is 11.4 Å². The number of thioether (sulfide) groups is 1. The van der Waals surface area contributed by atoms with Crippen molar-refractivity contribution in [3.63, 3.8) is 0 Å². The predicted molar refractivity (Wildman–Crippen MR) is 72.4 cm³/mol. The summed E-state index contributed by atoms with van der Waals surface area (Å²) in [5.41, 5.74) is 4.92. The molecule has 0 saturated carbocycles. The Labute approximate surface area is 115 Å². The summed E-state index contributed by atoms with van der Waals surface area (Å²) in [5, 5.41) is 0.232. The monoisotopic (exact) mass is 291 g/mol. The third-order valence-electron chi connectivity index (χ3n) is 1.82. The van der Waals surface area contributed by atoms with Gasteiger partial charge in [0.15, 0.2) is 0 Å². The lowest BCUT2D eigenvalue weighted by atomic mass is 10.2. The molecule has 0 aliphatic heterocycles. The Bertz CT molecular complexity index is 460. The van der Waals surface area contributed by atoms with Crippen molar-refractivity contribution in [1.29, 1.82) is 0 Å². The minimum absolute atomic E-state index is 0.00564. The van der Waals surface area contributed by atoms with Gasteiger partial charge in [0.2, 0.25) is 0 Å². The molecule has 1 aromatic carbocycles. The van der Waals surface area contributed by atoms with Crippen molar-refractivity contribution in [3.8, 4) is 0 Å². The van der Waals surface area contributed by atoms with E-state index in [0.717, 1.165) is 6.07 Å². The molecule has 0 atom stereocenters. The third kappa shape index (κ3) is 4.74. The molecule has 3 nitrogen and oxygen atoms in total. The number of esters is 1. The number of carbonyl (C=O) groups is 1. The molecule has 0 radical (unpaired) electrons. The maximum absolute atomic E-state index is 13.1. The summed E-state index contributed by atoms with van der Waals surface area (Å²) in [6.07, 6.45) is 0. The zero-order valence-corrected chi connectivity index (χ0v) is 12.0. The largest absolute Gasteiger partial charge is 0.459 e.